The van der Waals surface area contributed by atoms with Crippen LogP contribution in [0.2, 0.25) is 0 Å². The minimum Gasteiger partial charge on any atom is -0.566 e. The Morgan fingerprint density at radius 2 is 1.38 bits per heavy atom. The summed E-state index contributed by atoms with van der Waals surface area (Å²) in [6.45, 7) is 0. The van der Waals surface area contributed by atoms with Gasteiger partial charge in [0.15, 0.2) is 7.14 Å². The average molecular weight is 357 g/mol. The predicted octanol–water partition coefficient (Wildman–Crippen LogP) is 2.80. The summed E-state index contributed by atoms with van der Waals surface area (Å²) in [6.07, 6.45) is 1.73. The quantitative estimate of drug-likeness (QED) is 0.417. The van der Waals surface area contributed by atoms with Crippen molar-refractivity contribution >= 4 is 42.0 Å². The molecular weight excluding hydrogens is 340 g/mol. The van der Waals surface area contributed by atoms with Gasteiger partial charge in [-0.15, -0.1) is 0 Å². The van der Waals surface area contributed by atoms with Crippen molar-refractivity contribution in [3.8, 4) is 5.75 Å². The number of hydrogen-bond acceptors (Lipinski definition) is 3. The molecule has 0 N–H and O–H groups in total. The fraction of sp³-hybridized carbons (Fsp3) is 0. The Balaban J connectivity index is 2.09. The number of aromatic nitrogens is 1. The Bertz CT molecular complexity index is 1060. The summed E-state index contributed by atoms with van der Waals surface area (Å²) in [6, 6.07) is 26.9. The van der Waals surface area contributed by atoms with Crippen LogP contribution >= 0.6 is 7.14 Å². The first-order chi connectivity index (χ1) is 12.7. The van der Waals surface area contributed by atoms with Crippen molar-refractivity contribution in [1.29, 1.82) is 0 Å². The summed E-state index contributed by atoms with van der Waals surface area (Å²) in [4.78, 5) is 4.47. The molecule has 0 unspecified atom stereocenters. The van der Waals surface area contributed by atoms with Crippen LogP contribution in [0.1, 0.15) is 0 Å². The maximum absolute atomic E-state index is 14.5. The largest absolute Gasteiger partial charge is 0.566 e. The molecule has 0 aliphatic heterocycles. The second-order valence-electron chi connectivity index (χ2n) is 5.97. The molecule has 0 fully saturated rings. The molecule has 1 aromatic heterocycles. The zero-order chi connectivity index (χ0) is 18.0. The summed E-state index contributed by atoms with van der Waals surface area (Å²) in [7, 11) is -1.50. The third-order valence-corrected chi connectivity index (χ3v) is 7.57. The SMILES string of the molecule is BOc1c(P(=O)(c2ccccc2)c2ccccc2)ccc2cccnc12. The molecule has 0 saturated heterocycles. The lowest BCUT2D eigenvalue weighted by molar-refractivity contribution is 0.589. The predicted molar refractivity (Wildman–Crippen MR) is 110 cm³/mol. The fourth-order valence-corrected chi connectivity index (χ4v) is 6.07. The van der Waals surface area contributed by atoms with Crippen molar-refractivity contribution in [2.75, 3.05) is 0 Å². The molecule has 0 aliphatic carbocycles. The Hall–Kier alpha value is -2.84. The first-order valence-electron chi connectivity index (χ1n) is 8.38. The molecule has 3 nitrogen and oxygen atoms in total. The van der Waals surface area contributed by atoms with E-state index >= 15 is 0 Å². The second kappa shape index (κ2) is 6.82. The van der Waals surface area contributed by atoms with Crippen LogP contribution in [0.4, 0.5) is 0 Å². The Labute approximate surface area is 153 Å². The Morgan fingerprint density at radius 1 is 0.769 bits per heavy atom. The van der Waals surface area contributed by atoms with Gasteiger partial charge in [-0.05, 0) is 12.1 Å². The van der Waals surface area contributed by atoms with E-state index in [1.54, 1.807) is 14.2 Å². The summed E-state index contributed by atoms with van der Waals surface area (Å²) in [5.41, 5.74) is 0.722. The summed E-state index contributed by atoms with van der Waals surface area (Å²) < 4.78 is 20.2. The van der Waals surface area contributed by atoms with E-state index in [1.165, 1.54) is 0 Å². The van der Waals surface area contributed by atoms with Gasteiger partial charge >= 0.3 is 8.05 Å². The molecule has 0 spiro atoms. The second-order valence-corrected chi connectivity index (χ2v) is 8.71. The molecule has 0 aliphatic rings. The molecule has 4 rings (SSSR count). The van der Waals surface area contributed by atoms with Gasteiger partial charge in [0.05, 0.1) is 5.30 Å². The van der Waals surface area contributed by atoms with Crippen LogP contribution in [0.25, 0.3) is 10.9 Å². The Kier molecular flexibility index (Phi) is 4.36. The third-order valence-electron chi connectivity index (χ3n) is 4.49. The van der Waals surface area contributed by atoms with E-state index < -0.39 is 7.14 Å². The highest BCUT2D eigenvalue weighted by Crippen LogP contribution is 2.46. The third kappa shape index (κ3) is 2.63. The van der Waals surface area contributed by atoms with Crippen molar-refractivity contribution < 1.29 is 9.22 Å². The lowest BCUT2D eigenvalue weighted by atomic mass is 10.2. The molecule has 0 bridgehead atoms. The van der Waals surface area contributed by atoms with Gasteiger partial charge in [-0.3, -0.25) is 4.98 Å². The summed E-state index contributed by atoms with van der Waals surface area (Å²) in [5.74, 6) is 0.569. The zero-order valence-corrected chi connectivity index (χ0v) is 15.3. The molecule has 0 radical (unpaired) electrons. The van der Waals surface area contributed by atoms with Gasteiger partial charge in [0.2, 0.25) is 0 Å². The number of nitrogens with zero attached hydrogens (tertiary/aromatic N) is 1. The highest BCUT2D eigenvalue weighted by atomic mass is 31.2. The van der Waals surface area contributed by atoms with Gasteiger partial charge in [-0.2, -0.15) is 0 Å². The number of fused-ring (bicyclic) bond motifs is 1. The molecular formula is C21H17BNO2P. The molecule has 126 valence electrons. The van der Waals surface area contributed by atoms with E-state index in [9.17, 15) is 4.57 Å². The fourth-order valence-electron chi connectivity index (χ4n) is 3.26. The number of pyridine rings is 1. The lowest BCUT2D eigenvalue weighted by Gasteiger charge is -2.23. The van der Waals surface area contributed by atoms with Crippen LogP contribution in [0.15, 0.2) is 91.1 Å². The highest BCUT2D eigenvalue weighted by Gasteiger charge is 2.33. The van der Waals surface area contributed by atoms with E-state index in [-0.39, 0.29) is 0 Å². The van der Waals surface area contributed by atoms with E-state index in [0.717, 1.165) is 21.5 Å². The zero-order valence-electron chi connectivity index (χ0n) is 14.4. The lowest BCUT2D eigenvalue weighted by Crippen LogP contribution is -2.26. The van der Waals surface area contributed by atoms with Gasteiger partial charge in [-0.1, -0.05) is 72.8 Å². The van der Waals surface area contributed by atoms with Crippen molar-refractivity contribution in [3.05, 3.63) is 91.1 Å². The van der Waals surface area contributed by atoms with E-state index in [2.05, 4.69) is 4.98 Å². The maximum atomic E-state index is 14.5. The number of hydrogen-bond donors (Lipinski definition) is 0. The van der Waals surface area contributed by atoms with E-state index in [4.69, 9.17) is 4.65 Å². The molecule has 0 saturated carbocycles. The average Bonchev–Trinajstić information content (AvgIpc) is 2.73. The van der Waals surface area contributed by atoms with Gasteiger partial charge in [0.1, 0.15) is 11.3 Å². The molecule has 1 heterocycles. The maximum Gasteiger partial charge on any atom is 0.322 e. The van der Waals surface area contributed by atoms with Crippen LogP contribution in [0, 0.1) is 0 Å². The molecule has 3 aromatic carbocycles. The first kappa shape index (κ1) is 16.6. The summed E-state index contributed by atoms with van der Waals surface area (Å²) in [5, 5.41) is 3.18. The highest BCUT2D eigenvalue weighted by molar-refractivity contribution is 7.85. The van der Waals surface area contributed by atoms with Crippen molar-refractivity contribution in [3.63, 3.8) is 0 Å². The summed E-state index contributed by atoms with van der Waals surface area (Å²) >= 11 is 0. The molecule has 26 heavy (non-hydrogen) atoms. The van der Waals surface area contributed by atoms with Gasteiger partial charge in [0, 0.05) is 22.2 Å². The smallest absolute Gasteiger partial charge is 0.322 e. The Morgan fingerprint density at radius 3 is 1.96 bits per heavy atom. The molecule has 0 atom stereocenters. The van der Waals surface area contributed by atoms with Crippen molar-refractivity contribution in [1.82, 2.24) is 4.98 Å². The first-order valence-corrected chi connectivity index (χ1v) is 10.1. The van der Waals surface area contributed by atoms with Crippen LogP contribution < -0.4 is 20.6 Å². The van der Waals surface area contributed by atoms with Gasteiger partial charge in [-0.25, -0.2) is 0 Å². The minimum absolute atomic E-state index is 0.569. The topological polar surface area (TPSA) is 39.2 Å². The van der Waals surface area contributed by atoms with Gasteiger partial charge < -0.3 is 9.22 Å². The normalized spacial score (nSPS) is 11.4. The molecule has 4 aromatic rings. The van der Waals surface area contributed by atoms with Crippen LogP contribution in [0.5, 0.6) is 5.75 Å². The van der Waals surface area contributed by atoms with Crippen LogP contribution in [0.3, 0.4) is 0 Å². The number of rotatable bonds is 4. The van der Waals surface area contributed by atoms with E-state index in [0.29, 0.717) is 11.1 Å². The van der Waals surface area contributed by atoms with Crippen molar-refractivity contribution in [2.45, 2.75) is 0 Å². The number of benzene rings is 3. The van der Waals surface area contributed by atoms with E-state index in [1.807, 2.05) is 84.9 Å². The van der Waals surface area contributed by atoms with Crippen LogP contribution in [-0.2, 0) is 4.57 Å². The monoisotopic (exact) mass is 357 g/mol. The minimum atomic E-state index is -3.10. The molecule has 5 heteroatoms. The standard InChI is InChI=1S/C21H17BNO2P/c22-25-21-19(14-13-16-8-7-15-23-20(16)21)26(24,17-9-3-1-4-10-17)18-11-5-2-6-12-18/h1-15H,22H2. The van der Waals surface area contributed by atoms with Gasteiger partial charge in [0.25, 0.3) is 0 Å². The van der Waals surface area contributed by atoms with Crippen LogP contribution in [-0.4, -0.2) is 13.0 Å². The van der Waals surface area contributed by atoms with Crippen molar-refractivity contribution in [2.24, 2.45) is 0 Å². The molecule has 0 amide bonds.